The molecule has 4 rings (SSSR count). The molecule has 3 heterocycles. The van der Waals surface area contributed by atoms with Crippen LogP contribution in [0.15, 0.2) is 42.6 Å². The fourth-order valence-corrected chi connectivity index (χ4v) is 4.73. The van der Waals surface area contributed by atoms with Crippen LogP contribution in [0.4, 0.5) is 16.0 Å². The minimum absolute atomic E-state index is 0.00976. The lowest BCUT2D eigenvalue weighted by Crippen LogP contribution is -2.38. The van der Waals surface area contributed by atoms with Crippen LogP contribution in [0.25, 0.3) is 11.0 Å². The Morgan fingerprint density at radius 1 is 1.18 bits per heavy atom. The Morgan fingerprint density at radius 2 is 2.03 bits per heavy atom. The van der Waals surface area contributed by atoms with E-state index in [4.69, 9.17) is 9.72 Å². The summed E-state index contributed by atoms with van der Waals surface area (Å²) in [5, 5.41) is 16.2. The van der Waals surface area contributed by atoms with E-state index in [0.717, 1.165) is 55.7 Å². The molecule has 0 saturated carbocycles. The van der Waals surface area contributed by atoms with Gasteiger partial charge in [-0.1, -0.05) is 18.2 Å². The van der Waals surface area contributed by atoms with Gasteiger partial charge in [-0.05, 0) is 68.8 Å². The Balaban J connectivity index is 1.31. The number of carbonyl (C=O) groups is 1. The van der Waals surface area contributed by atoms with Crippen molar-refractivity contribution in [3.05, 3.63) is 53.9 Å². The van der Waals surface area contributed by atoms with Gasteiger partial charge in [0, 0.05) is 32.4 Å². The monoisotopic (exact) mass is 524 g/mol. The van der Waals surface area contributed by atoms with Crippen LogP contribution in [0, 0.1) is 0 Å². The highest BCUT2D eigenvalue weighted by molar-refractivity contribution is 5.78. The first-order valence-corrected chi connectivity index (χ1v) is 13.3. The quantitative estimate of drug-likeness (QED) is 0.254. The fourth-order valence-electron chi connectivity index (χ4n) is 4.73. The van der Waals surface area contributed by atoms with Crippen molar-refractivity contribution in [1.82, 2.24) is 19.9 Å². The average molecular weight is 525 g/mol. The normalized spacial score (nSPS) is 14.6. The number of aryl methyl sites for hydroxylation is 2. The number of alkyl halides is 1. The smallest absolute Gasteiger partial charge is 0.326 e. The number of ether oxygens (including phenoxy) is 1. The van der Waals surface area contributed by atoms with Crippen molar-refractivity contribution in [2.24, 2.45) is 0 Å². The van der Waals surface area contributed by atoms with E-state index in [-0.39, 0.29) is 13.2 Å². The molecule has 2 unspecified atom stereocenters. The summed E-state index contributed by atoms with van der Waals surface area (Å²) in [6.45, 7) is 2.25. The van der Waals surface area contributed by atoms with Gasteiger partial charge in [0.1, 0.15) is 23.8 Å². The minimum Gasteiger partial charge on any atom is -0.480 e. The summed E-state index contributed by atoms with van der Waals surface area (Å²) in [5.41, 5.74) is 3.76. The highest BCUT2D eigenvalue weighted by Crippen LogP contribution is 2.20. The number of carboxylic acids is 1. The van der Waals surface area contributed by atoms with Gasteiger partial charge in [-0.15, -0.1) is 0 Å². The molecular weight excluding hydrogens is 487 g/mol. The highest BCUT2D eigenvalue weighted by Gasteiger charge is 2.21. The lowest BCUT2D eigenvalue weighted by atomic mass is 10.1. The molecule has 3 aromatic rings. The number of pyridine rings is 1. The molecule has 0 bridgehead atoms. The number of nitrogens with zero attached hydrogens (tertiary/aromatic N) is 4. The molecule has 0 aliphatic carbocycles. The third-order valence-corrected chi connectivity index (χ3v) is 6.72. The van der Waals surface area contributed by atoms with Crippen LogP contribution in [0.5, 0.6) is 0 Å². The summed E-state index contributed by atoms with van der Waals surface area (Å²) in [5.74, 6) is 0.414. The van der Waals surface area contributed by atoms with Crippen molar-refractivity contribution in [3.8, 4) is 0 Å². The van der Waals surface area contributed by atoms with Crippen molar-refractivity contribution in [2.75, 3.05) is 50.5 Å². The van der Waals surface area contributed by atoms with E-state index in [0.29, 0.717) is 30.8 Å². The summed E-state index contributed by atoms with van der Waals surface area (Å²) in [6, 6.07) is 10.8. The predicted molar refractivity (Wildman–Crippen MR) is 146 cm³/mol. The molecule has 1 aliphatic rings. The Labute approximate surface area is 222 Å². The van der Waals surface area contributed by atoms with Gasteiger partial charge in [0.05, 0.1) is 23.8 Å². The third kappa shape index (κ3) is 8.06. The van der Waals surface area contributed by atoms with E-state index in [2.05, 4.69) is 32.7 Å². The van der Waals surface area contributed by atoms with Gasteiger partial charge in [-0.3, -0.25) is 4.98 Å². The summed E-state index contributed by atoms with van der Waals surface area (Å²) in [4.78, 5) is 27.5. The molecule has 0 saturated heterocycles. The number of aromatic nitrogens is 3. The molecule has 0 amide bonds. The molecule has 204 valence electrons. The number of anilines is 2. The molecule has 38 heavy (non-hydrogen) atoms. The number of rotatable bonds is 15. The lowest BCUT2D eigenvalue weighted by molar-refractivity contribution is -0.138. The number of carboxylic acid groups (broad SMARTS) is 1. The maximum absolute atomic E-state index is 14.4. The van der Waals surface area contributed by atoms with Crippen LogP contribution in [0.2, 0.25) is 0 Å². The van der Waals surface area contributed by atoms with Crippen molar-refractivity contribution < 1.29 is 19.0 Å². The first-order chi connectivity index (χ1) is 18.5. The van der Waals surface area contributed by atoms with E-state index in [1.807, 2.05) is 29.2 Å². The number of hydrogen-bond acceptors (Lipinski definition) is 8. The zero-order valence-electron chi connectivity index (χ0n) is 21.9. The van der Waals surface area contributed by atoms with E-state index in [9.17, 15) is 14.3 Å². The zero-order valence-corrected chi connectivity index (χ0v) is 21.9. The molecular formula is C28H37FN6O3. The molecule has 2 aromatic heterocycles. The molecule has 10 heteroatoms. The second-order valence-electron chi connectivity index (χ2n) is 9.72. The van der Waals surface area contributed by atoms with Gasteiger partial charge >= 0.3 is 5.97 Å². The predicted octanol–water partition coefficient (Wildman–Crippen LogP) is 3.95. The number of unbranched alkanes of at least 4 members (excludes halogenated alkanes) is 1. The standard InChI is InChI=1S/C28H37FN6O3/c1-38-19-21(29)18-35(15-5-4-8-22-12-11-20-7-6-14-30-27(20)32-22)16-13-25(28(36)37)34-26-17-31-23-9-2-3-10-24(23)33-26/h2-3,9-12,17,21,25H,4-8,13-16,18-19H2,1H3,(H,30,32)(H,33,34)(H,36,37). The maximum atomic E-state index is 14.4. The number of nitrogens with one attached hydrogen (secondary N) is 2. The SMILES string of the molecule is COCC(F)CN(CCCCc1ccc2c(n1)NCCC2)CCC(Nc1cnc2ccccc2n1)C(=O)O. The van der Waals surface area contributed by atoms with Crippen molar-refractivity contribution in [3.63, 3.8) is 0 Å². The number of halogens is 1. The fraction of sp³-hybridized carbons (Fsp3) is 0.500. The number of fused-ring (bicyclic) bond motifs is 2. The maximum Gasteiger partial charge on any atom is 0.326 e. The summed E-state index contributed by atoms with van der Waals surface area (Å²) in [7, 11) is 1.48. The van der Waals surface area contributed by atoms with Crippen LogP contribution >= 0.6 is 0 Å². The molecule has 3 N–H and O–H groups in total. The van der Waals surface area contributed by atoms with Gasteiger partial charge < -0.3 is 25.4 Å². The largest absolute Gasteiger partial charge is 0.480 e. The van der Waals surface area contributed by atoms with Crippen LogP contribution in [0.1, 0.15) is 36.9 Å². The Hall–Kier alpha value is -3.37. The van der Waals surface area contributed by atoms with Gasteiger partial charge in [0.2, 0.25) is 0 Å². The highest BCUT2D eigenvalue weighted by atomic mass is 19.1. The van der Waals surface area contributed by atoms with Gasteiger partial charge in [0.15, 0.2) is 0 Å². The first-order valence-electron chi connectivity index (χ1n) is 13.3. The van der Waals surface area contributed by atoms with Crippen LogP contribution in [-0.4, -0.2) is 83.0 Å². The van der Waals surface area contributed by atoms with Crippen molar-refractivity contribution >= 4 is 28.6 Å². The molecule has 2 atom stereocenters. The van der Waals surface area contributed by atoms with E-state index in [1.54, 1.807) is 0 Å². The summed E-state index contributed by atoms with van der Waals surface area (Å²) in [6.07, 6.45) is 5.50. The molecule has 0 fully saturated rings. The van der Waals surface area contributed by atoms with Crippen LogP contribution in [0.3, 0.4) is 0 Å². The molecule has 9 nitrogen and oxygen atoms in total. The Bertz CT molecular complexity index is 1200. The molecule has 0 spiro atoms. The van der Waals surface area contributed by atoms with Gasteiger partial charge in [0.25, 0.3) is 0 Å². The van der Waals surface area contributed by atoms with Gasteiger partial charge in [-0.25, -0.2) is 19.2 Å². The van der Waals surface area contributed by atoms with Crippen molar-refractivity contribution in [1.29, 1.82) is 0 Å². The Kier molecular flexibility index (Phi) is 10.2. The minimum atomic E-state index is -1.14. The van der Waals surface area contributed by atoms with Gasteiger partial charge in [-0.2, -0.15) is 0 Å². The van der Waals surface area contributed by atoms with E-state index in [1.165, 1.54) is 18.9 Å². The second kappa shape index (κ2) is 14.0. The number of hydrogen-bond donors (Lipinski definition) is 3. The van der Waals surface area contributed by atoms with Crippen LogP contribution < -0.4 is 10.6 Å². The van der Waals surface area contributed by atoms with E-state index >= 15 is 0 Å². The number of para-hydroxylation sites is 2. The average Bonchev–Trinajstić information content (AvgIpc) is 2.92. The number of aliphatic carboxylic acids is 1. The topological polar surface area (TPSA) is 113 Å². The lowest BCUT2D eigenvalue weighted by Gasteiger charge is -2.26. The molecule has 1 aliphatic heterocycles. The zero-order chi connectivity index (χ0) is 26.7. The summed E-state index contributed by atoms with van der Waals surface area (Å²) >= 11 is 0. The second-order valence-corrected chi connectivity index (χ2v) is 9.72. The third-order valence-electron chi connectivity index (χ3n) is 6.72. The van der Waals surface area contributed by atoms with E-state index < -0.39 is 18.2 Å². The number of methoxy groups -OCH3 is 1. The number of benzene rings is 1. The Morgan fingerprint density at radius 3 is 2.84 bits per heavy atom. The van der Waals surface area contributed by atoms with Crippen LogP contribution in [-0.2, 0) is 22.4 Å². The summed E-state index contributed by atoms with van der Waals surface area (Å²) < 4.78 is 19.4. The molecule has 1 aromatic carbocycles. The first kappa shape index (κ1) is 27.7. The molecule has 0 radical (unpaired) electrons. The van der Waals surface area contributed by atoms with Crippen molar-refractivity contribution in [2.45, 2.75) is 50.7 Å².